The first-order valence-electron chi connectivity index (χ1n) is 4.78. The molecule has 0 fully saturated rings. The monoisotopic (exact) mass is 257 g/mol. The molecule has 1 aliphatic heterocycles. The number of rotatable bonds is 2. The van der Waals surface area contributed by atoms with Gasteiger partial charge in [-0.3, -0.25) is 0 Å². The molecule has 1 aromatic rings. The number of fused-ring (bicyclic) bond motifs is 1. The molecule has 0 unspecified atom stereocenters. The molecule has 17 heavy (non-hydrogen) atoms. The Morgan fingerprint density at radius 2 is 2.18 bits per heavy atom. The lowest BCUT2D eigenvalue weighted by molar-refractivity contribution is -0.134. The number of halogens is 1. The zero-order chi connectivity index (χ0) is 12.6. The molecule has 0 atom stereocenters. The normalized spacial score (nSPS) is 16.2. The predicted molar refractivity (Wildman–Crippen MR) is 56.8 cm³/mol. The lowest BCUT2D eigenvalue weighted by Crippen LogP contribution is -2.17. The topological polar surface area (TPSA) is 72.8 Å². The van der Waals surface area contributed by atoms with Gasteiger partial charge in [-0.2, -0.15) is 12.8 Å². The van der Waals surface area contributed by atoms with E-state index in [0.717, 1.165) is 6.07 Å². The number of sulfonamides is 1. The summed E-state index contributed by atoms with van der Waals surface area (Å²) in [5.41, 5.74) is -0.426. The van der Waals surface area contributed by atoms with Crippen LogP contribution in [0.5, 0.6) is 0 Å². The van der Waals surface area contributed by atoms with Crippen LogP contribution in [0.2, 0.25) is 0 Å². The molecule has 90 valence electrons. The van der Waals surface area contributed by atoms with E-state index >= 15 is 0 Å². The van der Waals surface area contributed by atoms with Crippen LogP contribution >= 0.6 is 0 Å². The smallest absolute Gasteiger partial charge is 0.358 e. The van der Waals surface area contributed by atoms with Gasteiger partial charge in [0.05, 0.1) is 6.61 Å². The van der Waals surface area contributed by atoms with E-state index in [4.69, 9.17) is 0 Å². The standard InChI is InChI=1S/C10H8FNO4S/c1-2-16-10(13)8-6-4-3-5-7(11)9(6)17(14,15)12-8/h3-5H,2H2,1H3. The molecule has 0 amide bonds. The lowest BCUT2D eigenvalue weighted by atomic mass is 10.1. The number of carbonyl (C=O) groups excluding carboxylic acids is 1. The second kappa shape index (κ2) is 3.92. The summed E-state index contributed by atoms with van der Waals surface area (Å²) >= 11 is 0. The number of carbonyl (C=O) groups is 1. The zero-order valence-electron chi connectivity index (χ0n) is 8.81. The summed E-state index contributed by atoms with van der Waals surface area (Å²) < 4.78 is 44.4. The first kappa shape index (κ1) is 11.7. The fourth-order valence-corrected chi connectivity index (χ4v) is 2.78. The Kier molecular flexibility index (Phi) is 2.70. The maximum Gasteiger partial charge on any atom is 0.358 e. The Balaban J connectivity index is 2.62. The van der Waals surface area contributed by atoms with Crippen LogP contribution in [-0.2, 0) is 19.6 Å². The number of hydrogen-bond acceptors (Lipinski definition) is 4. The zero-order valence-corrected chi connectivity index (χ0v) is 9.62. The van der Waals surface area contributed by atoms with Crippen molar-refractivity contribution in [2.24, 2.45) is 4.40 Å². The fourth-order valence-electron chi connectivity index (χ4n) is 1.52. The molecule has 0 saturated heterocycles. The SMILES string of the molecule is CCOC(=O)C1=NS(=O)(=O)c2c(F)cccc21. The number of benzene rings is 1. The largest absolute Gasteiger partial charge is 0.461 e. The third kappa shape index (κ3) is 1.82. The van der Waals surface area contributed by atoms with Gasteiger partial charge in [0.15, 0.2) is 5.71 Å². The van der Waals surface area contributed by atoms with E-state index in [1.54, 1.807) is 6.92 Å². The van der Waals surface area contributed by atoms with Crippen molar-refractivity contribution in [2.45, 2.75) is 11.8 Å². The van der Waals surface area contributed by atoms with Crippen molar-refractivity contribution >= 4 is 21.7 Å². The molecule has 1 aromatic carbocycles. The number of esters is 1. The molecule has 0 N–H and O–H groups in total. The van der Waals surface area contributed by atoms with Gasteiger partial charge in [-0.05, 0) is 13.0 Å². The molecule has 1 aliphatic rings. The summed E-state index contributed by atoms with van der Waals surface area (Å²) in [6.07, 6.45) is 0. The van der Waals surface area contributed by atoms with E-state index < -0.39 is 26.7 Å². The molecule has 0 saturated carbocycles. The summed E-state index contributed by atoms with van der Waals surface area (Å²) in [6.45, 7) is 1.66. The third-order valence-corrected chi connectivity index (χ3v) is 3.51. The van der Waals surface area contributed by atoms with E-state index in [0.29, 0.717) is 0 Å². The first-order chi connectivity index (χ1) is 7.97. The van der Waals surface area contributed by atoms with E-state index in [1.165, 1.54) is 12.1 Å². The summed E-state index contributed by atoms with van der Waals surface area (Å²) in [4.78, 5) is 10.9. The molecule has 0 radical (unpaired) electrons. The Hall–Kier alpha value is -1.76. The second-order valence-electron chi connectivity index (χ2n) is 3.25. The van der Waals surface area contributed by atoms with E-state index in [2.05, 4.69) is 9.13 Å². The van der Waals surface area contributed by atoms with Gasteiger partial charge in [0.2, 0.25) is 0 Å². The average molecular weight is 257 g/mol. The minimum Gasteiger partial charge on any atom is -0.461 e. The molecular weight excluding hydrogens is 249 g/mol. The van der Waals surface area contributed by atoms with Crippen LogP contribution in [0.1, 0.15) is 12.5 Å². The number of hydrogen-bond donors (Lipinski definition) is 0. The summed E-state index contributed by atoms with van der Waals surface area (Å²) in [7, 11) is -4.14. The van der Waals surface area contributed by atoms with Crippen LogP contribution in [-0.4, -0.2) is 26.7 Å². The van der Waals surface area contributed by atoms with Crippen molar-refractivity contribution < 1.29 is 22.3 Å². The Labute approximate surface area is 97.0 Å². The summed E-state index contributed by atoms with van der Waals surface area (Å²) in [5, 5.41) is 0. The van der Waals surface area contributed by atoms with E-state index in [1.807, 2.05) is 0 Å². The van der Waals surface area contributed by atoms with Crippen molar-refractivity contribution in [3.05, 3.63) is 29.6 Å². The third-order valence-electron chi connectivity index (χ3n) is 2.16. The van der Waals surface area contributed by atoms with Gasteiger partial charge < -0.3 is 4.74 Å². The van der Waals surface area contributed by atoms with Crippen LogP contribution in [0.3, 0.4) is 0 Å². The highest BCUT2D eigenvalue weighted by molar-refractivity contribution is 7.90. The predicted octanol–water partition coefficient (Wildman–Crippen LogP) is 0.880. The molecule has 7 heteroatoms. The van der Waals surface area contributed by atoms with Gasteiger partial charge in [-0.1, -0.05) is 12.1 Å². The minimum absolute atomic E-state index is 0.0524. The molecule has 0 aromatic heterocycles. The van der Waals surface area contributed by atoms with Crippen LogP contribution in [0.4, 0.5) is 4.39 Å². The van der Waals surface area contributed by atoms with Crippen molar-refractivity contribution in [3.63, 3.8) is 0 Å². The molecule has 0 bridgehead atoms. The van der Waals surface area contributed by atoms with E-state index in [9.17, 15) is 17.6 Å². The van der Waals surface area contributed by atoms with Gasteiger partial charge in [-0.25, -0.2) is 9.18 Å². The molecule has 1 heterocycles. The van der Waals surface area contributed by atoms with E-state index in [-0.39, 0.29) is 17.9 Å². The Bertz CT molecular complexity index is 621. The highest BCUT2D eigenvalue weighted by Crippen LogP contribution is 2.29. The fraction of sp³-hybridized carbons (Fsp3) is 0.200. The lowest BCUT2D eigenvalue weighted by Gasteiger charge is -2.01. The van der Waals surface area contributed by atoms with Gasteiger partial charge in [0, 0.05) is 5.56 Å². The first-order valence-corrected chi connectivity index (χ1v) is 6.22. The average Bonchev–Trinajstić information content (AvgIpc) is 2.52. The highest BCUT2D eigenvalue weighted by Gasteiger charge is 2.35. The van der Waals surface area contributed by atoms with Gasteiger partial charge in [0.25, 0.3) is 10.0 Å². The van der Waals surface area contributed by atoms with Gasteiger partial charge >= 0.3 is 5.97 Å². The molecule has 0 spiro atoms. The van der Waals surface area contributed by atoms with Crippen molar-refractivity contribution in [1.29, 1.82) is 0 Å². The Morgan fingerprint density at radius 1 is 1.47 bits per heavy atom. The van der Waals surface area contributed by atoms with Crippen molar-refractivity contribution in [2.75, 3.05) is 6.61 Å². The quantitative estimate of drug-likeness (QED) is 0.737. The van der Waals surface area contributed by atoms with Crippen LogP contribution in [0, 0.1) is 5.82 Å². The summed E-state index contributed by atoms with van der Waals surface area (Å²) in [6, 6.07) is 3.63. The minimum atomic E-state index is -4.14. The van der Waals surface area contributed by atoms with Crippen LogP contribution < -0.4 is 0 Å². The maximum atomic E-state index is 13.4. The van der Waals surface area contributed by atoms with Crippen LogP contribution in [0.15, 0.2) is 27.5 Å². The van der Waals surface area contributed by atoms with Crippen LogP contribution in [0.25, 0.3) is 0 Å². The van der Waals surface area contributed by atoms with Crippen molar-refractivity contribution in [1.82, 2.24) is 0 Å². The second-order valence-corrected chi connectivity index (χ2v) is 4.79. The van der Waals surface area contributed by atoms with Gasteiger partial charge in [-0.15, -0.1) is 0 Å². The Morgan fingerprint density at radius 3 is 2.82 bits per heavy atom. The van der Waals surface area contributed by atoms with Crippen molar-refractivity contribution in [3.8, 4) is 0 Å². The molecule has 0 aliphatic carbocycles. The molecular formula is C10H8FNO4S. The van der Waals surface area contributed by atoms with Gasteiger partial charge in [0.1, 0.15) is 10.7 Å². The molecule has 2 rings (SSSR count). The maximum absolute atomic E-state index is 13.4. The molecule has 5 nitrogen and oxygen atoms in total. The number of nitrogens with zero attached hydrogens (tertiary/aromatic N) is 1. The summed E-state index contributed by atoms with van der Waals surface area (Å²) in [5.74, 6) is -1.80. The highest BCUT2D eigenvalue weighted by atomic mass is 32.2. The number of ether oxygens (including phenoxy) is 1.